The molecule has 1 rings (SSSR count). The van der Waals surface area contributed by atoms with Crippen molar-refractivity contribution in [3.05, 3.63) is 38.8 Å². The molecule has 0 fully saturated rings. The number of nitro groups is 1. The summed E-state index contributed by atoms with van der Waals surface area (Å²) in [6.45, 7) is 0. The number of amides is 2. The van der Waals surface area contributed by atoms with Gasteiger partial charge in [0.05, 0.1) is 18.1 Å². The second-order valence-electron chi connectivity index (χ2n) is 4.71. The molecule has 0 saturated heterocycles. The number of nitro benzene ring substituents is 1. The van der Waals surface area contributed by atoms with Gasteiger partial charge in [-0.05, 0) is 0 Å². The van der Waals surface area contributed by atoms with Crippen LogP contribution in [-0.2, 0) is 4.79 Å². The summed E-state index contributed by atoms with van der Waals surface area (Å²) in [5.74, 6) is -4.17. The number of urea groups is 1. The van der Waals surface area contributed by atoms with E-state index in [9.17, 15) is 37.3 Å². The first-order chi connectivity index (χ1) is 12.3. The number of methoxy groups -OCH3 is 1. The zero-order valence-electron chi connectivity index (χ0n) is 13.4. The van der Waals surface area contributed by atoms with Crippen LogP contribution in [0.15, 0.2) is 17.8 Å². The van der Waals surface area contributed by atoms with Crippen LogP contribution < -0.4 is 10.1 Å². The van der Waals surface area contributed by atoms with E-state index >= 15 is 0 Å². The van der Waals surface area contributed by atoms with Crippen molar-refractivity contribution in [3.63, 3.8) is 0 Å². The van der Waals surface area contributed by atoms with Gasteiger partial charge in [0.2, 0.25) is 5.75 Å². The van der Waals surface area contributed by atoms with E-state index in [1.54, 1.807) is 5.32 Å². The zero-order chi connectivity index (χ0) is 21.1. The summed E-state index contributed by atoms with van der Waals surface area (Å²) in [5.41, 5.74) is -3.77. The monoisotopic (exact) mass is 415 g/mol. The van der Waals surface area contributed by atoms with Crippen LogP contribution in [0.5, 0.6) is 5.75 Å². The lowest BCUT2D eigenvalue weighted by Crippen LogP contribution is -2.37. The van der Waals surface area contributed by atoms with Crippen LogP contribution in [-0.4, -0.2) is 47.3 Å². The highest BCUT2D eigenvalue weighted by atomic mass is 35.5. The molecule has 148 valence electrons. The summed E-state index contributed by atoms with van der Waals surface area (Å²) in [7, 11) is 1.44. The van der Waals surface area contributed by atoms with Crippen LogP contribution in [0.3, 0.4) is 0 Å². The fourth-order valence-corrected chi connectivity index (χ4v) is 2.11. The highest BCUT2D eigenvalue weighted by Gasteiger charge is 2.40. The zero-order valence-corrected chi connectivity index (χ0v) is 14.2. The van der Waals surface area contributed by atoms with E-state index in [0.29, 0.717) is 13.1 Å². The SMILES string of the molecule is COc1c(NC(=O)N(C)/C(=C\C(=O)O)C(F)(F)F)c(F)cc(Cl)c1[N+](=O)[O-]. The van der Waals surface area contributed by atoms with Gasteiger partial charge in [0.15, 0.2) is 5.82 Å². The number of carboxylic acid groups (broad SMARTS) is 1. The third-order valence-corrected chi connectivity index (χ3v) is 3.28. The van der Waals surface area contributed by atoms with Gasteiger partial charge in [0.1, 0.15) is 16.4 Å². The second kappa shape index (κ2) is 8.07. The molecule has 0 aliphatic carbocycles. The third-order valence-electron chi connectivity index (χ3n) is 3.00. The standard InChI is InChI=1S/C13H10ClF4N3O6/c1-20(7(4-8(22)23)13(16,17)18)12(24)19-9-6(15)3-5(14)10(21(25)26)11(9)27-2/h3-4H,1-2H3,(H,19,24)(H,22,23)/b7-4-. The lowest BCUT2D eigenvalue weighted by molar-refractivity contribution is -0.385. The molecular weight excluding hydrogens is 406 g/mol. The number of nitrogens with zero attached hydrogens (tertiary/aromatic N) is 2. The van der Waals surface area contributed by atoms with E-state index in [4.69, 9.17) is 16.7 Å². The van der Waals surface area contributed by atoms with Gasteiger partial charge in [-0.1, -0.05) is 11.6 Å². The van der Waals surface area contributed by atoms with Crippen LogP contribution in [0, 0.1) is 15.9 Å². The van der Waals surface area contributed by atoms with Gasteiger partial charge in [0, 0.05) is 13.1 Å². The Labute approximate surface area is 152 Å². The van der Waals surface area contributed by atoms with E-state index in [-0.39, 0.29) is 11.0 Å². The number of aliphatic carboxylic acids is 1. The molecule has 0 heterocycles. The van der Waals surface area contributed by atoms with Crippen LogP contribution in [0.4, 0.5) is 33.7 Å². The normalized spacial score (nSPS) is 11.7. The quantitative estimate of drug-likeness (QED) is 0.329. The first-order valence-corrected chi connectivity index (χ1v) is 6.95. The summed E-state index contributed by atoms with van der Waals surface area (Å²) in [6.07, 6.45) is -5.52. The molecule has 0 spiro atoms. The van der Waals surface area contributed by atoms with Gasteiger partial charge in [-0.3, -0.25) is 15.0 Å². The van der Waals surface area contributed by atoms with Gasteiger partial charge < -0.3 is 15.2 Å². The number of benzene rings is 1. The summed E-state index contributed by atoms with van der Waals surface area (Å²) >= 11 is 5.54. The number of carbonyl (C=O) groups excluding carboxylic acids is 1. The number of carbonyl (C=O) groups is 2. The number of carboxylic acids is 1. The van der Waals surface area contributed by atoms with E-state index in [1.165, 1.54) is 0 Å². The van der Waals surface area contributed by atoms with Gasteiger partial charge >= 0.3 is 23.9 Å². The summed E-state index contributed by atoms with van der Waals surface area (Å²) in [5, 5.41) is 20.5. The molecule has 0 aromatic heterocycles. The number of alkyl halides is 3. The Morgan fingerprint density at radius 3 is 2.41 bits per heavy atom. The second-order valence-corrected chi connectivity index (χ2v) is 5.12. The van der Waals surface area contributed by atoms with Crippen LogP contribution in [0.2, 0.25) is 5.02 Å². The van der Waals surface area contributed by atoms with Gasteiger partial charge in [-0.25, -0.2) is 14.0 Å². The van der Waals surface area contributed by atoms with E-state index in [1.807, 2.05) is 0 Å². The first-order valence-electron chi connectivity index (χ1n) is 6.58. The molecule has 0 bridgehead atoms. The minimum atomic E-state index is -5.24. The molecular formula is C13H10ClF4N3O6. The van der Waals surface area contributed by atoms with Crippen LogP contribution >= 0.6 is 11.6 Å². The fraction of sp³-hybridized carbons (Fsp3) is 0.231. The van der Waals surface area contributed by atoms with E-state index in [2.05, 4.69) is 4.74 Å². The first kappa shape index (κ1) is 22.0. The molecule has 1 aromatic rings. The third kappa shape index (κ3) is 4.97. The molecule has 0 aliphatic rings. The van der Waals surface area contributed by atoms with Crippen molar-refractivity contribution in [3.8, 4) is 5.75 Å². The molecule has 0 atom stereocenters. The highest BCUT2D eigenvalue weighted by molar-refractivity contribution is 6.33. The minimum Gasteiger partial charge on any atom is -0.489 e. The number of hydrogen-bond donors (Lipinski definition) is 2. The Hall–Kier alpha value is -3.09. The van der Waals surface area contributed by atoms with Crippen molar-refractivity contribution >= 4 is 35.0 Å². The fourth-order valence-electron chi connectivity index (χ4n) is 1.86. The Morgan fingerprint density at radius 1 is 1.44 bits per heavy atom. The molecule has 2 N–H and O–H groups in total. The maximum absolute atomic E-state index is 14.1. The predicted octanol–water partition coefficient (Wildman–Crippen LogP) is 3.39. The molecule has 1 aromatic carbocycles. The van der Waals surface area contributed by atoms with Gasteiger partial charge in [-0.15, -0.1) is 0 Å². The Kier molecular flexibility index (Phi) is 6.56. The molecule has 0 radical (unpaired) electrons. The largest absolute Gasteiger partial charge is 0.489 e. The average Bonchev–Trinajstić information content (AvgIpc) is 2.52. The smallest absolute Gasteiger partial charge is 0.431 e. The van der Waals surface area contributed by atoms with Crippen molar-refractivity contribution in [2.75, 3.05) is 19.5 Å². The van der Waals surface area contributed by atoms with Gasteiger partial charge in [-0.2, -0.15) is 13.2 Å². The van der Waals surface area contributed by atoms with E-state index in [0.717, 1.165) is 7.11 Å². The molecule has 0 saturated carbocycles. The van der Waals surface area contributed by atoms with Gasteiger partial charge in [0.25, 0.3) is 0 Å². The molecule has 27 heavy (non-hydrogen) atoms. The lowest BCUT2D eigenvalue weighted by atomic mass is 10.2. The minimum absolute atomic E-state index is 0.159. The number of allylic oxidation sites excluding steroid dienone is 1. The number of ether oxygens (including phenoxy) is 1. The number of anilines is 1. The number of halogens is 5. The lowest BCUT2D eigenvalue weighted by Gasteiger charge is -2.23. The Balaban J connectivity index is 3.40. The average molecular weight is 416 g/mol. The van der Waals surface area contributed by atoms with Crippen molar-refractivity contribution in [1.29, 1.82) is 0 Å². The van der Waals surface area contributed by atoms with Crippen molar-refractivity contribution in [1.82, 2.24) is 4.90 Å². The van der Waals surface area contributed by atoms with Crippen LogP contribution in [0.25, 0.3) is 0 Å². The number of rotatable bonds is 5. The number of hydrogen-bond acceptors (Lipinski definition) is 5. The van der Waals surface area contributed by atoms with Crippen molar-refractivity contribution in [2.45, 2.75) is 6.18 Å². The topological polar surface area (TPSA) is 122 Å². The Morgan fingerprint density at radius 2 is 2.00 bits per heavy atom. The van der Waals surface area contributed by atoms with E-state index < -0.39 is 56.8 Å². The van der Waals surface area contributed by atoms with Crippen molar-refractivity contribution < 1.29 is 41.9 Å². The predicted molar refractivity (Wildman–Crippen MR) is 83.2 cm³/mol. The highest BCUT2D eigenvalue weighted by Crippen LogP contribution is 2.42. The molecule has 0 unspecified atom stereocenters. The molecule has 9 nitrogen and oxygen atoms in total. The molecule has 0 aliphatic heterocycles. The van der Waals surface area contributed by atoms with Crippen LogP contribution in [0.1, 0.15) is 0 Å². The molecule has 2 amide bonds. The summed E-state index contributed by atoms with van der Waals surface area (Å²) in [6, 6.07) is -1.19. The maximum atomic E-state index is 14.1. The van der Waals surface area contributed by atoms with Crippen molar-refractivity contribution in [2.24, 2.45) is 0 Å². The summed E-state index contributed by atoms with van der Waals surface area (Å²) < 4.78 is 57.5. The summed E-state index contributed by atoms with van der Waals surface area (Å²) in [4.78, 5) is 32.4. The Bertz CT molecular complexity index is 827. The number of nitrogens with one attached hydrogen (secondary N) is 1. The maximum Gasteiger partial charge on any atom is 0.431 e. The molecule has 14 heteroatoms.